The first-order valence-electron chi connectivity index (χ1n) is 5.13. The van der Waals surface area contributed by atoms with Gasteiger partial charge in [0.25, 0.3) is 0 Å². The lowest BCUT2D eigenvalue weighted by Gasteiger charge is -2.06. The Hall–Kier alpha value is -0.0500. The lowest BCUT2D eigenvalue weighted by atomic mass is 10.0. The topological polar surface area (TPSA) is 26.0 Å². The Bertz CT molecular complexity index is 389. The molecular weight excluding hydrogens is 273 g/mol. The molecule has 0 saturated heterocycles. The van der Waals surface area contributed by atoms with Crippen molar-refractivity contribution in [3.63, 3.8) is 0 Å². The van der Waals surface area contributed by atoms with Crippen molar-refractivity contribution < 1.29 is 0 Å². The van der Waals surface area contributed by atoms with Crippen LogP contribution in [0.1, 0.15) is 25.3 Å². The second-order valence-corrected chi connectivity index (χ2v) is 6.13. The maximum absolute atomic E-state index is 6.22. The predicted molar refractivity (Wildman–Crippen MR) is 68.2 cm³/mol. The molecule has 2 atom stereocenters. The smallest absolute Gasteiger partial charge is 0.0441 e. The standard InChI is InChI=1S/C12H15BrClN/c1-12(2)9(6-15)11(12)8-5-7(13)3-4-10(8)14/h3-5,9,11H,6,15H2,1-2H3/t9-,11-/m0/s1. The van der Waals surface area contributed by atoms with Crippen LogP contribution in [0.5, 0.6) is 0 Å². The van der Waals surface area contributed by atoms with E-state index in [2.05, 4.69) is 35.8 Å². The second kappa shape index (κ2) is 3.76. The van der Waals surface area contributed by atoms with Gasteiger partial charge in [0.15, 0.2) is 0 Å². The van der Waals surface area contributed by atoms with Crippen molar-refractivity contribution in [1.29, 1.82) is 0 Å². The average molecular weight is 289 g/mol. The van der Waals surface area contributed by atoms with Crippen LogP contribution in [0.2, 0.25) is 5.02 Å². The monoisotopic (exact) mass is 287 g/mol. The van der Waals surface area contributed by atoms with Gasteiger partial charge in [0.1, 0.15) is 0 Å². The van der Waals surface area contributed by atoms with Gasteiger partial charge >= 0.3 is 0 Å². The molecule has 1 nitrogen and oxygen atoms in total. The predicted octanol–water partition coefficient (Wildman–Crippen LogP) is 3.80. The first kappa shape index (κ1) is 11.4. The highest BCUT2D eigenvalue weighted by Crippen LogP contribution is 2.64. The van der Waals surface area contributed by atoms with E-state index in [-0.39, 0.29) is 0 Å². The summed E-state index contributed by atoms with van der Waals surface area (Å²) >= 11 is 9.70. The van der Waals surface area contributed by atoms with Gasteiger partial charge in [-0.1, -0.05) is 41.4 Å². The maximum atomic E-state index is 6.22. The number of rotatable bonds is 2. The molecule has 1 aliphatic rings. The maximum Gasteiger partial charge on any atom is 0.0441 e. The van der Waals surface area contributed by atoms with Gasteiger partial charge in [-0.25, -0.2) is 0 Å². The minimum absolute atomic E-state index is 0.291. The zero-order valence-corrected chi connectivity index (χ0v) is 11.3. The minimum Gasteiger partial charge on any atom is -0.330 e. The molecule has 0 aromatic heterocycles. The number of nitrogens with two attached hydrogens (primary N) is 1. The lowest BCUT2D eigenvalue weighted by molar-refractivity contribution is 0.558. The van der Waals surface area contributed by atoms with Crippen molar-refractivity contribution >= 4 is 27.5 Å². The SMILES string of the molecule is CC1(C)[C@@H](CN)[C@@H]1c1cc(Br)ccc1Cl. The van der Waals surface area contributed by atoms with E-state index < -0.39 is 0 Å². The zero-order chi connectivity index (χ0) is 11.2. The molecule has 1 aliphatic carbocycles. The summed E-state index contributed by atoms with van der Waals surface area (Å²) in [6, 6.07) is 6.03. The van der Waals surface area contributed by atoms with E-state index in [1.807, 2.05) is 12.1 Å². The van der Waals surface area contributed by atoms with E-state index in [9.17, 15) is 0 Å². The highest BCUT2D eigenvalue weighted by Gasteiger charge is 2.57. The quantitative estimate of drug-likeness (QED) is 0.880. The summed E-state index contributed by atoms with van der Waals surface area (Å²) in [7, 11) is 0. The molecule has 2 rings (SSSR count). The van der Waals surface area contributed by atoms with Gasteiger partial charge in [-0.2, -0.15) is 0 Å². The molecule has 82 valence electrons. The normalized spacial score (nSPS) is 27.8. The molecule has 0 bridgehead atoms. The van der Waals surface area contributed by atoms with Gasteiger partial charge < -0.3 is 5.73 Å². The molecule has 0 unspecified atom stereocenters. The van der Waals surface area contributed by atoms with Gasteiger partial charge in [0, 0.05) is 9.50 Å². The minimum atomic E-state index is 0.291. The Morgan fingerprint density at radius 2 is 2.13 bits per heavy atom. The fourth-order valence-corrected chi connectivity index (χ4v) is 3.17. The van der Waals surface area contributed by atoms with Crippen LogP contribution in [-0.4, -0.2) is 6.54 Å². The summed E-state index contributed by atoms with van der Waals surface area (Å²) in [5.41, 5.74) is 7.29. The van der Waals surface area contributed by atoms with E-state index in [4.69, 9.17) is 17.3 Å². The molecule has 1 saturated carbocycles. The third kappa shape index (κ3) is 1.83. The molecule has 2 N–H and O–H groups in total. The molecule has 0 aliphatic heterocycles. The summed E-state index contributed by atoms with van der Waals surface area (Å²) in [6.45, 7) is 5.25. The molecule has 3 heteroatoms. The Labute approximate surface area is 104 Å². The largest absolute Gasteiger partial charge is 0.330 e. The second-order valence-electron chi connectivity index (χ2n) is 4.81. The van der Waals surface area contributed by atoms with Crippen LogP contribution >= 0.6 is 27.5 Å². The van der Waals surface area contributed by atoms with Gasteiger partial charge in [-0.15, -0.1) is 0 Å². The van der Waals surface area contributed by atoms with Crippen molar-refractivity contribution in [3.05, 3.63) is 33.3 Å². The molecular formula is C12H15BrClN. The summed E-state index contributed by atoms with van der Waals surface area (Å²) < 4.78 is 1.08. The van der Waals surface area contributed by atoms with E-state index in [1.54, 1.807) is 0 Å². The number of halogens is 2. The summed E-state index contributed by atoms with van der Waals surface area (Å²) in [5.74, 6) is 1.07. The van der Waals surface area contributed by atoms with E-state index in [0.29, 0.717) is 17.3 Å². The Balaban J connectivity index is 2.36. The van der Waals surface area contributed by atoms with Crippen LogP contribution in [0.15, 0.2) is 22.7 Å². The molecule has 15 heavy (non-hydrogen) atoms. The highest BCUT2D eigenvalue weighted by molar-refractivity contribution is 9.10. The average Bonchev–Trinajstić information content (AvgIpc) is 2.72. The van der Waals surface area contributed by atoms with Crippen LogP contribution in [0.4, 0.5) is 0 Å². The van der Waals surface area contributed by atoms with Crippen molar-refractivity contribution in [1.82, 2.24) is 0 Å². The van der Waals surface area contributed by atoms with Crippen LogP contribution in [0, 0.1) is 11.3 Å². The van der Waals surface area contributed by atoms with Crippen LogP contribution in [0.25, 0.3) is 0 Å². The van der Waals surface area contributed by atoms with E-state index >= 15 is 0 Å². The molecule has 0 spiro atoms. The van der Waals surface area contributed by atoms with Crippen molar-refractivity contribution in [2.75, 3.05) is 6.54 Å². The Morgan fingerprint density at radius 1 is 1.47 bits per heavy atom. The summed E-state index contributed by atoms with van der Waals surface area (Å²) in [5, 5.41) is 0.854. The third-order valence-corrected chi connectivity index (χ3v) is 4.43. The van der Waals surface area contributed by atoms with Crippen molar-refractivity contribution in [3.8, 4) is 0 Å². The summed E-state index contributed by atoms with van der Waals surface area (Å²) in [4.78, 5) is 0. The first-order chi connectivity index (χ1) is 6.98. The van der Waals surface area contributed by atoms with E-state index in [0.717, 1.165) is 16.0 Å². The van der Waals surface area contributed by atoms with Crippen LogP contribution in [-0.2, 0) is 0 Å². The van der Waals surface area contributed by atoms with Gasteiger partial charge in [-0.05, 0) is 47.6 Å². The number of hydrogen-bond donors (Lipinski definition) is 1. The van der Waals surface area contributed by atoms with Gasteiger partial charge in [0.05, 0.1) is 0 Å². The molecule has 0 amide bonds. The fourth-order valence-electron chi connectivity index (χ4n) is 2.55. The van der Waals surface area contributed by atoms with Gasteiger partial charge in [0.2, 0.25) is 0 Å². The molecule has 1 fully saturated rings. The molecule has 1 aromatic carbocycles. The van der Waals surface area contributed by atoms with Gasteiger partial charge in [-0.3, -0.25) is 0 Å². The Morgan fingerprint density at radius 3 is 2.67 bits per heavy atom. The van der Waals surface area contributed by atoms with Crippen molar-refractivity contribution in [2.45, 2.75) is 19.8 Å². The number of benzene rings is 1. The molecule has 1 aromatic rings. The fraction of sp³-hybridized carbons (Fsp3) is 0.500. The molecule has 0 radical (unpaired) electrons. The Kier molecular flexibility index (Phi) is 2.87. The molecule has 0 heterocycles. The van der Waals surface area contributed by atoms with Crippen molar-refractivity contribution in [2.24, 2.45) is 17.1 Å². The zero-order valence-electron chi connectivity index (χ0n) is 8.93. The third-order valence-electron chi connectivity index (χ3n) is 3.60. The summed E-state index contributed by atoms with van der Waals surface area (Å²) in [6.07, 6.45) is 0. The van der Waals surface area contributed by atoms with E-state index in [1.165, 1.54) is 5.56 Å². The lowest BCUT2D eigenvalue weighted by Crippen LogP contribution is -2.05. The van der Waals surface area contributed by atoms with Crippen LogP contribution < -0.4 is 5.73 Å². The first-order valence-corrected chi connectivity index (χ1v) is 6.30. The van der Waals surface area contributed by atoms with Crippen LogP contribution in [0.3, 0.4) is 0 Å². The highest BCUT2D eigenvalue weighted by atomic mass is 79.9. The number of hydrogen-bond acceptors (Lipinski definition) is 1.